The molecule has 2 N–H and O–H groups in total. The summed E-state index contributed by atoms with van der Waals surface area (Å²) in [6, 6.07) is 5.05. The largest absolute Gasteiger partial charge is 0.394 e. The monoisotopic (exact) mass is 266 g/mol. The zero-order valence-corrected chi connectivity index (χ0v) is 11.7. The first-order chi connectivity index (χ1) is 9.08. The first kappa shape index (κ1) is 14.3. The fraction of sp³-hybridized carbons (Fsp3) is 0.600. The molecule has 0 bridgehead atoms. The van der Waals surface area contributed by atoms with E-state index in [4.69, 9.17) is 0 Å². The van der Waals surface area contributed by atoms with Crippen LogP contribution in [0, 0.1) is 5.82 Å². The van der Waals surface area contributed by atoms with Crippen molar-refractivity contribution in [3.63, 3.8) is 0 Å². The van der Waals surface area contributed by atoms with Gasteiger partial charge in [0.25, 0.3) is 0 Å². The average Bonchev–Trinajstić information content (AvgIpc) is 2.81. The molecular formula is C15H23FN2O. The number of fused-ring (bicyclic) bond motifs is 1. The van der Waals surface area contributed by atoms with Crippen LogP contribution in [0.25, 0.3) is 0 Å². The first-order valence-electron chi connectivity index (χ1n) is 6.91. The molecular weight excluding hydrogens is 243 g/mol. The summed E-state index contributed by atoms with van der Waals surface area (Å²) in [4.78, 5) is 2.24. The standard InChI is InChI=1S/C15H23FN2O/c1-15(11-19,17-2)7-3-8-18-9-6-12-4-5-13(16)10-14(12)18/h4-5,10,17,19H,3,6-9,11H2,1-2H3. The maximum Gasteiger partial charge on any atom is 0.125 e. The Kier molecular flexibility index (Phi) is 4.42. The molecule has 1 aliphatic heterocycles. The van der Waals surface area contributed by atoms with Crippen LogP contribution < -0.4 is 10.2 Å². The van der Waals surface area contributed by atoms with E-state index in [1.54, 1.807) is 6.07 Å². The van der Waals surface area contributed by atoms with E-state index < -0.39 is 0 Å². The van der Waals surface area contributed by atoms with Gasteiger partial charge in [0.05, 0.1) is 6.61 Å². The highest BCUT2D eigenvalue weighted by Gasteiger charge is 2.23. The molecule has 1 aliphatic rings. The Balaban J connectivity index is 1.91. The molecule has 0 radical (unpaired) electrons. The molecule has 4 heteroatoms. The molecule has 19 heavy (non-hydrogen) atoms. The fourth-order valence-corrected chi connectivity index (χ4v) is 2.59. The van der Waals surface area contributed by atoms with Crippen molar-refractivity contribution in [1.29, 1.82) is 0 Å². The maximum absolute atomic E-state index is 13.3. The summed E-state index contributed by atoms with van der Waals surface area (Å²) in [7, 11) is 1.87. The summed E-state index contributed by atoms with van der Waals surface area (Å²) >= 11 is 0. The molecule has 0 aliphatic carbocycles. The van der Waals surface area contributed by atoms with E-state index in [0.29, 0.717) is 0 Å². The molecule has 1 unspecified atom stereocenters. The Labute approximate surface area is 114 Å². The molecule has 0 amide bonds. The van der Waals surface area contributed by atoms with Crippen molar-refractivity contribution in [1.82, 2.24) is 5.32 Å². The summed E-state index contributed by atoms with van der Waals surface area (Å²) in [5.41, 5.74) is 2.06. The number of nitrogens with one attached hydrogen (secondary N) is 1. The van der Waals surface area contributed by atoms with E-state index in [1.807, 2.05) is 20.0 Å². The van der Waals surface area contributed by atoms with Gasteiger partial charge in [-0.05, 0) is 50.9 Å². The van der Waals surface area contributed by atoms with Crippen LogP contribution in [0.2, 0.25) is 0 Å². The van der Waals surface area contributed by atoms with Gasteiger partial charge in [0.1, 0.15) is 5.82 Å². The number of nitrogens with zero attached hydrogens (tertiary/aromatic N) is 1. The van der Waals surface area contributed by atoms with Gasteiger partial charge in [0.15, 0.2) is 0 Å². The Bertz CT molecular complexity index is 432. The summed E-state index contributed by atoms with van der Waals surface area (Å²) in [5, 5.41) is 12.5. The van der Waals surface area contributed by atoms with E-state index in [1.165, 1.54) is 11.6 Å². The topological polar surface area (TPSA) is 35.5 Å². The Morgan fingerprint density at radius 1 is 1.47 bits per heavy atom. The second-order valence-electron chi connectivity index (χ2n) is 5.58. The van der Waals surface area contributed by atoms with Crippen LogP contribution in [-0.2, 0) is 6.42 Å². The van der Waals surface area contributed by atoms with Gasteiger partial charge in [-0.1, -0.05) is 6.07 Å². The van der Waals surface area contributed by atoms with Gasteiger partial charge >= 0.3 is 0 Å². The highest BCUT2D eigenvalue weighted by atomic mass is 19.1. The van der Waals surface area contributed by atoms with Crippen LogP contribution in [0.4, 0.5) is 10.1 Å². The summed E-state index contributed by atoms with van der Waals surface area (Å²) in [6.07, 6.45) is 2.88. The van der Waals surface area contributed by atoms with Crippen molar-refractivity contribution < 1.29 is 9.50 Å². The zero-order valence-electron chi connectivity index (χ0n) is 11.7. The van der Waals surface area contributed by atoms with Crippen molar-refractivity contribution in [2.24, 2.45) is 0 Å². The normalized spacial score (nSPS) is 17.4. The molecule has 1 heterocycles. The Morgan fingerprint density at radius 2 is 2.26 bits per heavy atom. The molecule has 2 rings (SSSR count). The van der Waals surface area contributed by atoms with Crippen LogP contribution >= 0.6 is 0 Å². The number of aliphatic hydroxyl groups is 1. The lowest BCUT2D eigenvalue weighted by Gasteiger charge is -2.28. The van der Waals surface area contributed by atoms with E-state index in [-0.39, 0.29) is 18.0 Å². The number of anilines is 1. The predicted molar refractivity (Wildman–Crippen MR) is 76.1 cm³/mol. The predicted octanol–water partition coefficient (Wildman–Crippen LogP) is 1.94. The summed E-state index contributed by atoms with van der Waals surface area (Å²) < 4.78 is 13.3. The quantitative estimate of drug-likeness (QED) is 0.826. The Morgan fingerprint density at radius 3 is 2.95 bits per heavy atom. The van der Waals surface area contributed by atoms with Gasteiger partial charge in [0, 0.05) is 24.3 Å². The van der Waals surface area contributed by atoms with Crippen LogP contribution in [0.3, 0.4) is 0 Å². The van der Waals surface area contributed by atoms with Crippen molar-refractivity contribution in [3.05, 3.63) is 29.6 Å². The lowest BCUT2D eigenvalue weighted by atomic mass is 9.97. The molecule has 1 aromatic carbocycles. The van der Waals surface area contributed by atoms with Crippen LogP contribution in [-0.4, -0.2) is 37.4 Å². The van der Waals surface area contributed by atoms with Gasteiger partial charge in [-0.3, -0.25) is 0 Å². The lowest BCUT2D eigenvalue weighted by molar-refractivity contribution is 0.172. The highest BCUT2D eigenvalue weighted by molar-refractivity contribution is 5.58. The number of hydrogen-bond donors (Lipinski definition) is 2. The second-order valence-corrected chi connectivity index (χ2v) is 5.58. The molecule has 0 aromatic heterocycles. The number of aliphatic hydroxyl groups excluding tert-OH is 1. The minimum absolute atomic E-state index is 0.134. The Hall–Kier alpha value is -1.13. The fourth-order valence-electron chi connectivity index (χ4n) is 2.59. The van der Waals surface area contributed by atoms with E-state index in [0.717, 1.165) is 38.0 Å². The molecule has 0 spiro atoms. The van der Waals surface area contributed by atoms with Crippen molar-refractivity contribution in [2.75, 3.05) is 31.6 Å². The minimum atomic E-state index is -0.218. The van der Waals surface area contributed by atoms with Crippen molar-refractivity contribution in [2.45, 2.75) is 31.7 Å². The van der Waals surface area contributed by atoms with E-state index >= 15 is 0 Å². The van der Waals surface area contributed by atoms with Gasteiger partial charge in [-0.15, -0.1) is 0 Å². The van der Waals surface area contributed by atoms with E-state index in [2.05, 4.69) is 10.2 Å². The number of rotatable bonds is 6. The van der Waals surface area contributed by atoms with Gasteiger partial charge < -0.3 is 15.3 Å². The van der Waals surface area contributed by atoms with Gasteiger partial charge in [-0.25, -0.2) is 4.39 Å². The van der Waals surface area contributed by atoms with Crippen molar-refractivity contribution >= 4 is 5.69 Å². The molecule has 1 atom stereocenters. The molecule has 106 valence electrons. The number of likely N-dealkylation sites (N-methyl/N-ethyl adjacent to an activating group) is 1. The minimum Gasteiger partial charge on any atom is -0.394 e. The first-order valence-corrected chi connectivity index (χ1v) is 6.91. The smallest absolute Gasteiger partial charge is 0.125 e. The molecule has 1 aromatic rings. The zero-order chi connectivity index (χ0) is 13.9. The molecule has 0 saturated heterocycles. The summed E-state index contributed by atoms with van der Waals surface area (Å²) in [6.45, 7) is 4.03. The van der Waals surface area contributed by atoms with Crippen LogP contribution in [0.5, 0.6) is 0 Å². The highest BCUT2D eigenvalue weighted by Crippen LogP contribution is 2.29. The van der Waals surface area contributed by atoms with E-state index in [9.17, 15) is 9.50 Å². The van der Waals surface area contributed by atoms with Crippen molar-refractivity contribution in [3.8, 4) is 0 Å². The van der Waals surface area contributed by atoms with Gasteiger partial charge in [0.2, 0.25) is 0 Å². The number of hydrogen-bond acceptors (Lipinski definition) is 3. The average molecular weight is 266 g/mol. The summed E-state index contributed by atoms with van der Waals surface area (Å²) in [5.74, 6) is -0.166. The number of halogens is 1. The maximum atomic E-state index is 13.3. The SMILES string of the molecule is CNC(C)(CO)CCCN1CCc2ccc(F)cc21. The van der Waals surface area contributed by atoms with Crippen LogP contribution in [0.15, 0.2) is 18.2 Å². The molecule has 0 saturated carbocycles. The third-order valence-corrected chi connectivity index (χ3v) is 4.15. The molecule has 3 nitrogen and oxygen atoms in total. The third kappa shape index (κ3) is 3.25. The molecule has 0 fully saturated rings. The second kappa shape index (κ2) is 5.88. The van der Waals surface area contributed by atoms with Gasteiger partial charge in [-0.2, -0.15) is 0 Å². The lowest BCUT2D eigenvalue weighted by Crippen LogP contribution is -2.43. The number of benzene rings is 1. The van der Waals surface area contributed by atoms with Crippen LogP contribution in [0.1, 0.15) is 25.3 Å². The third-order valence-electron chi connectivity index (χ3n) is 4.15.